The Morgan fingerprint density at radius 2 is 2.22 bits per heavy atom. The molecule has 18 heavy (non-hydrogen) atoms. The second-order valence-electron chi connectivity index (χ2n) is 5.22. The Kier molecular flexibility index (Phi) is 3.96. The Morgan fingerprint density at radius 3 is 2.72 bits per heavy atom. The molecule has 1 aromatic heterocycles. The predicted octanol–water partition coefficient (Wildman–Crippen LogP) is 0.135. The molecule has 1 amide bonds. The molecule has 1 fully saturated rings. The molecule has 0 aliphatic heterocycles. The van der Waals surface area contributed by atoms with Crippen molar-refractivity contribution in [1.82, 2.24) is 19.9 Å². The van der Waals surface area contributed by atoms with Crippen molar-refractivity contribution >= 4 is 5.91 Å². The predicted molar refractivity (Wildman–Crippen MR) is 68.1 cm³/mol. The van der Waals surface area contributed by atoms with E-state index in [-0.39, 0.29) is 12.3 Å². The highest BCUT2D eigenvalue weighted by atomic mass is 16.1. The van der Waals surface area contributed by atoms with E-state index in [1.807, 2.05) is 18.8 Å². The molecule has 0 spiro atoms. The topological polar surface area (TPSA) is 77.0 Å². The number of rotatable bonds is 6. The zero-order chi connectivity index (χ0) is 13.1. The van der Waals surface area contributed by atoms with Crippen molar-refractivity contribution < 1.29 is 4.79 Å². The fourth-order valence-electron chi connectivity index (χ4n) is 2.24. The van der Waals surface area contributed by atoms with Crippen LogP contribution in [0.1, 0.15) is 36.6 Å². The van der Waals surface area contributed by atoms with Crippen molar-refractivity contribution in [1.29, 1.82) is 0 Å². The summed E-state index contributed by atoms with van der Waals surface area (Å²) in [5, 5.41) is 8.31. The normalized spacial score (nSPS) is 15.9. The molecule has 0 atom stereocenters. The first-order valence-corrected chi connectivity index (χ1v) is 6.43. The average Bonchev–Trinajstić information content (AvgIpc) is 2.56. The first-order valence-electron chi connectivity index (χ1n) is 6.43. The Hall–Kier alpha value is -1.43. The van der Waals surface area contributed by atoms with Crippen LogP contribution in [0.15, 0.2) is 0 Å². The number of likely N-dealkylation sites (N-methyl/N-ethyl adjacent to an activating group) is 1. The third-order valence-electron chi connectivity index (χ3n) is 3.44. The molecule has 0 radical (unpaired) electrons. The fraction of sp³-hybridized carbons (Fsp3) is 0.750. The van der Waals surface area contributed by atoms with Gasteiger partial charge in [0.15, 0.2) is 0 Å². The lowest BCUT2D eigenvalue weighted by atomic mass is 9.81. The van der Waals surface area contributed by atoms with Crippen LogP contribution in [0.25, 0.3) is 0 Å². The summed E-state index contributed by atoms with van der Waals surface area (Å²) in [7, 11) is 4.06. The van der Waals surface area contributed by atoms with Gasteiger partial charge in [-0.3, -0.25) is 4.79 Å². The zero-order valence-electron chi connectivity index (χ0n) is 11.1. The molecular weight excluding hydrogens is 230 g/mol. The molecule has 1 heterocycles. The van der Waals surface area contributed by atoms with Gasteiger partial charge in [0.05, 0.1) is 24.4 Å². The van der Waals surface area contributed by atoms with Gasteiger partial charge in [0.1, 0.15) is 0 Å². The van der Waals surface area contributed by atoms with E-state index in [4.69, 9.17) is 5.73 Å². The third kappa shape index (κ3) is 2.87. The van der Waals surface area contributed by atoms with E-state index >= 15 is 0 Å². The summed E-state index contributed by atoms with van der Waals surface area (Å²) >= 11 is 0. The van der Waals surface area contributed by atoms with Gasteiger partial charge in [-0.1, -0.05) is 11.6 Å². The number of carbonyl (C=O) groups excluding carboxylic acids is 1. The maximum absolute atomic E-state index is 11.1. The number of nitrogens with two attached hydrogens (primary N) is 1. The van der Waals surface area contributed by atoms with Crippen molar-refractivity contribution in [3.63, 3.8) is 0 Å². The van der Waals surface area contributed by atoms with Gasteiger partial charge < -0.3 is 10.6 Å². The summed E-state index contributed by atoms with van der Waals surface area (Å²) in [6.07, 6.45) is 3.79. The Balaban J connectivity index is 2.17. The van der Waals surface area contributed by atoms with E-state index in [0.29, 0.717) is 5.92 Å². The standard InChI is InChI=1S/C12H21N5O/c1-16(2)6-7-17-12(9-4-3-5-9)10(14-15-17)8-11(13)18/h9H,3-8H2,1-2H3,(H2,13,18). The Bertz CT molecular complexity index is 422. The van der Waals surface area contributed by atoms with E-state index in [0.717, 1.165) is 24.5 Å². The minimum Gasteiger partial charge on any atom is -0.369 e. The Morgan fingerprint density at radius 1 is 1.50 bits per heavy atom. The zero-order valence-corrected chi connectivity index (χ0v) is 11.1. The van der Waals surface area contributed by atoms with Gasteiger partial charge in [-0.2, -0.15) is 0 Å². The number of aromatic nitrogens is 3. The molecule has 1 aromatic rings. The largest absolute Gasteiger partial charge is 0.369 e. The van der Waals surface area contributed by atoms with Gasteiger partial charge in [-0.05, 0) is 26.9 Å². The SMILES string of the molecule is CN(C)CCn1nnc(CC(N)=O)c1C1CCC1. The number of amides is 1. The van der Waals surface area contributed by atoms with Crippen molar-refractivity contribution in [2.24, 2.45) is 5.73 Å². The van der Waals surface area contributed by atoms with Crippen LogP contribution in [0, 0.1) is 0 Å². The first kappa shape index (κ1) is 13.0. The third-order valence-corrected chi connectivity index (χ3v) is 3.44. The Labute approximate surface area is 107 Å². The summed E-state index contributed by atoms with van der Waals surface area (Å²) in [5.41, 5.74) is 7.16. The van der Waals surface area contributed by atoms with Crippen LogP contribution in [0.3, 0.4) is 0 Å². The molecule has 1 saturated carbocycles. The molecule has 0 bridgehead atoms. The summed E-state index contributed by atoms with van der Waals surface area (Å²) in [6.45, 7) is 1.73. The smallest absolute Gasteiger partial charge is 0.223 e. The maximum atomic E-state index is 11.1. The minimum absolute atomic E-state index is 0.202. The van der Waals surface area contributed by atoms with Crippen molar-refractivity contribution in [3.8, 4) is 0 Å². The maximum Gasteiger partial charge on any atom is 0.223 e. The number of carbonyl (C=O) groups is 1. The van der Waals surface area contributed by atoms with Crippen molar-refractivity contribution in [2.75, 3.05) is 20.6 Å². The molecule has 6 nitrogen and oxygen atoms in total. The molecule has 1 aliphatic rings. The molecule has 6 heteroatoms. The highest BCUT2D eigenvalue weighted by Crippen LogP contribution is 2.37. The molecule has 0 aromatic carbocycles. The molecular formula is C12H21N5O. The average molecular weight is 251 g/mol. The minimum atomic E-state index is -0.338. The van der Waals surface area contributed by atoms with Crippen LogP contribution in [-0.2, 0) is 17.8 Å². The van der Waals surface area contributed by atoms with Gasteiger partial charge in [-0.25, -0.2) is 4.68 Å². The molecule has 100 valence electrons. The van der Waals surface area contributed by atoms with E-state index in [2.05, 4.69) is 15.2 Å². The lowest BCUT2D eigenvalue weighted by Gasteiger charge is -2.27. The monoisotopic (exact) mass is 251 g/mol. The number of hydrogen-bond acceptors (Lipinski definition) is 4. The van der Waals surface area contributed by atoms with Gasteiger partial charge in [0.2, 0.25) is 5.91 Å². The summed E-state index contributed by atoms with van der Waals surface area (Å²) in [6, 6.07) is 0. The highest BCUT2D eigenvalue weighted by Gasteiger charge is 2.28. The van der Waals surface area contributed by atoms with E-state index in [1.165, 1.54) is 19.3 Å². The molecule has 0 saturated heterocycles. The molecule has 0 unspecified atom stereocenters. The second kappa shape index (κ2) is 5.48. The van der Waals surface area contributed by atoms with E-state index in [1.54, 1.807) is 0 Å². The van der Waals surface area contributed by atoms with E-state index < -0.39 is 0 Å². The van der Waals surface area contributed by atoms with Crippen LogP contribution in [0.2, 0.25) is 0 Å². The highest BCUT2D eigenvalue weighted by molar-refractivity contribution is 5.76. The lowest BCUT2D eigenvalue weighted by molar-refractivity contribution is -0.117. The number of hydrogen-bond donors (Lipinski definition) is 1. The van der Waals surface area contributed by atoms with Gasteiger partial charge in [-0.15, -0.1) is 5.10 Å². The first-order chi connectivity index (χ1) is 8.58. The summed E-state index contributed by atoms with van der Waals surface area (Å²) < 4.78 is 1.95. The van der Waals surface area contributed by atoms with Crippen LogP contribution < -0.4 is 5.73 Å². The lowest BCUT2D eigenvalue weighted by Crippen LogP contribution is -2.24. The van der Waals surface area contributed by atoms with Crippen LogP contribution in [-0.4, -0.2) is 46.4 Å². The van der Waals surface area contributed by atoms with Crippen molar-refractivity contribution in [3.05, 3.63) is 11.4 Å². The van der Waals surface area contributed by atoms with Gasteiger partial charge in [0.25, 0.3) is 0 Å². The quantitative estimate of drug-likeness (QED) is 0.780. The number of nitrogens with zero attached hydrogens (tertiary/aromatic N) is 4. The van der Waals surface area contributed by atoms with Gasteiger partial charge in [0, 0.05) is 12.5 Å². The second-order valence-corrected chi connectivity index (χ2v) is 5.22. The van der Waals surface area contributed by atoms with Crippen LogP contribution in [0.4, 0.5) is 0 Å². The molecule has 1 aliphatic carbocycles. The van der Waals surface area contributed by atoms with Crippen LogP contribution in [0.5, 0.6) is 0 Å². The summed E-state index contributed by atoms with van der Waals surface area (Å²) in [4.78, 5) is 13.2. The molecule has 2 N–H and O–H groups in total. The summed E-state index contributed by atoms with van der Waals surface area (Å²) in [5.74, 6) is 0.173. The van der Waals surface area contributed by atoms with Crippen molar-refractivity contribution in [2.45, 2.75) is 38.1 Å². The van der Waals surface area contributed by atoms with E-state index in [9.17, 15) is 4.79 Å². The van der Waals surface area contributed by atoms with Gasteiger partial charge >= 0.3 is 0 Å². The van der Waals surface area contributed by atoms with Crippen LogP contribution >= 0.6 is 0 Å². The number of primary amides is 1. The fourth-order valence-corrected chi connectivity index (χ4v) is 2.24. The molecule has 2 rings (SSSR count).